The Labute approximate surface area is 213 Å². The van der Waals surface area contributed by atoms with Crippen molar-refractivity contribution in [3.8, 4) is 0 Å². The summed E-state index contributed by atoms with van der Waals surface area (Å²) in [6, 6.07) is 22.2. The lowest BCUT2D eigenvalue weighted by atomic mass is 9.96. The average Bonchev–Trinajstić information content (AvgIpc) is 3.52. The molecule has 0 atom stereocenters. The third kappa shape index (κ3) is 4.62. The molecule has 36 heavy (non-hydrogen) atoms. The van der Waals surface area contributed by atoms with E-state index in [4.69, 9.17) is 8.83 Å². The van der Waals surface area contributed by atoms with Crippen molar-refractivity contribution in [2.75, 3.05) is 0 Å². The van der Waals surface area contributed by atoms with E-state index in [2.05, 4.69) is 61.5 Å². The summed E-state index contributed by atoms with van der Waals surface area (Å²) >= 11 is 0. The minimum absolute atomic E-state index is 0.938. The first-order valence-corrected chi connectivity index (χ1v) is 14.0. The summed E-state index contributed by atoms with van der Waals surface area (Å²) in [6.07, 6.45) is 16.4. The van der Waals surface area contributed by atoms with Crippen LogP contribution in [0.15, 0.2) is 75.8 Å². The zero-order chi connectivity index (χ0) is 24.3. The van der Waals surface area contributed by atoms with Crippen LogP contribution in [-0.4, -0.2) is 0 Å². The number of fused-ring (bicyclic) bond motifs is 7. The lowest BCUT2D eigenvalue weighted by molar-refractivity contribution is 0.516. The summed E-state index contributed by atoms with van der Waals surface area (Å²) in [4.78, 5) is 0. The van der Waals surface area contributed by atoms with Gasteiger partial charge in [0, 0.05) is 17.2 Å². The molecule has 0 radical (unpaired) electrons. The molecule has 0 amide bonds. The van der Waals surface area contributed by atoms with Crippen LogP contribution < -0.4 is 0 Å². The van der Waals surface area contributed by atoms with Gasteiger partial charge in [-0.15, -0.1) is 0 Å². The van der Waals surface area contributed by atoms with Gasteiger partial charge < -0.3 is 8.83 Å². The van der Waals surface area contributed by atoms with Crippen LogP contribution in [0.25, 0.3) is 54.3 Å². The molecular formula is C34H36O2. The van der Waals surface area contributed by atoms with E-state index in [0.717, 1.165) is 28.7 Å². The van der Waals surface area contributed by atoms with E-state index in [1.807, 2.05) is 6.07 Å². The molecular weight excluding hydrogens is 440 g/mol. The first-order valence-electron chi connectivity index (χ1n) is 14.0. The van der Waals surface area contributed by atoms with Gasteiger partial charge in [-0.05, 0) is 75.1 Å². The van der Waals surface area contributed by atoms with Crippen molar-refractivity contribution in [3.05, 3.63) is 72.7 Å². The van der Waals surface area contributed by atoms with Crippen molar-refractivity contribution >= 4 is 54.3 Å². The second-order valence-corrected chi connectivity index (χ2v) is 10.5. The highest BCUT2D eigenvalue weighted by Crippen LogP contribution is 2.36. The Morgan fingerprint density at radius 2 is 1.11 bits per heavy atom. The number of hydrogen-bond donors (Lipinski definition) is 0. The number of benzene rings is 4. The van der Waals surface area contributed by atoms with Crippen molar-refractivity contribution in [2.24, 2.45) is 0 Å². The highest BCUT2D eigenvalue weighted by atomic mass is 16.3. The van der Waals surface area contributed by atoms with Crippen molar-refractivity contribution in [3.63, 3.8) is 0 Å². The summed E-state index contributed by atoms with van der Waals surface area (Å²) in [5.41, 5.74) is 1.94. The minimum atomic E-state index is 0.938. The van der Waals surface area contributed by atoms with Crippen molar-refractivity contribution < 1.29 is 8.83 Å². The average molecular weight is 477 g/mol. The van der Waals surface area contributed by atoms with Crippen LogP contribution in [0.3, 0.4) is 0 Å². The number of rotatable bonds is 11. The molecule has 184 valence electrons. The van der Waals surface area contributed by atoms with Gasteiger partial charge in [0.2, 0.25) is 0 Å². The molecule has 0 saturated carbocycles. The lowest BCUT2D eigenvalue weighted by Gasteiger charge is -2.08. The van der Waals surface area contributed by atoms with Crippen molar-refractivity contribution in [2.45, 2.75) is 77.6 Å². The van der Waals surface area contributed by atoms with Crippen LogP contribution in [0.5, 0.6) is 0 Å². The quantitative estimate of drug-likeness (QED) is 0.137. The Bertz CT molecular complexity index is 1630. The van der Waals surface area contributed by atoms with E-state index in [9.17, 15) is 0 Å². The van der Waals surface area contributed by atoms with Crippen LogP contribution in [0, 0.1) is 0 Å². The molecule has 2 aromatic heterocycles. The molecule has 0 N–H and O–H groups in total. The number of aryl methyl sites for hydroxylation is 1. The maximum Gasteiger partial charge on any atom is 0.134 e. The standard InChI is InChI=1S/C34H36O2/c1-2-3-4-5-6-7-8-9-10-11-12-28-21-27-20-25-14-16-29-30(32(25)23-34(27)36-28)15-13-24-19-26-17-18-35-33(26)22-31(24)29/h13-23H,2-12H2,1H3. The Morgan fingerprint density at radius 3 is 1.81 bits per heavy atom. The molecule has 0 aliphatic heterocycles. The molecule has 0 aliphatic rings. The van der Waals surface area contributed by atoms with Gasteiger partial charge in [0.1, 0.15) is 16.9 Å². The zero-order valence-corrected chi connectivity index (χ0v) is 21.4. The monoisotopic (exact) mass is 476 g/mol. The molecule has 2 heteroatoms. The third-order valence-corrected chi connectivity index (χ3v) is 7.87. The molecule has 0 bridgehead atoms. The molecule has 2 nitrogen and oxygen atoms in total. The largest absolute Gasteiger partial charge is 0.464 e. The van der Waals surface area contributed by atoms with Gasteiger partial charge in [-0.1, -0.05) is 89.0 Å². The summed E-state index contributed by atoms with van der Waals surface area (Å²) < 4.78 is 12.0. The number of hydrogen-bond acceptors (Lipinski definition) is 2. The molecule has 2 heterocycles. The Hall–Kier alpha value is -3.26. The fourth-order valence-electron chi connectivity index (χ4n) is 5.83. The van der Waals surface area contributed by atoms with Crippen LogP contribution >= 0.6 is 0 Å². The van der Waals surface area contributed by atoms with E-state index < -0.39 is 0 Å². The zero-order valence-electron chi connectivity index (χ0n) is 21.4. The number of furan rings is 2. The fourth-order valence-corrected chi connectivity index (χ4v) is 5.83. The molecule has 4 aromatic carbocycles. The summed E-state index contributed by atoms with van der Waals surface area (Å²) in [7, 11) is 0. The van der Waals surface area contributed by atoms with Gasteiger partial charge >= 0.3 is 0 Å². The van der Waals surface area contributed by atoms with Gasteiger partial charge in [0.15, 0.2) is 0 Å². The van der Waals surface area contributed by atoms with E-state index in [1.54, 1.807) is 6.26 Å². The van der Waals surface area contributed by atoms with E-state index in [1.165, 1.54) is 102 Å². The lowest BCUT2D eigenvalue weighted by Crippen LogP contribution is -1.84. The summed E-state index contributed by atoms with van der Waals surface area (Å²) in [6.45, 7) is 2.28. The molecule has 6 rings (SSSR count). The first kappa shape index (κ1) is 23.2. The van der Waals surface area contributed by atoms with Crippen molar-refractivity contribution in [1.29, 1.82) is 0 Å². The predicted octanol–water partition coefficient (Wildman–Crippen LogP) is 11.1. The first-order chi connectivity index (χ1) is 17.8. The normalized spacial score (nSPS) is 12.1. The predicted molar refractivity (Wildman–Crippen MR) is 154 cm³/mol. The summed E-state index contributed by atoms with van der Waals surface area (Å²) in [5.74, 6) is 1.12. The van der Waals surface area contributed by atoms with E-state index in [0.29, 0.717) is 0 Å². The van der Waals surface area contributed by atoms with Crippen LogP contribution in [0.1, 0.15) is 76.9 Å². The van der Waals surface area contributed by atoms with Gasteiger partial charge in [-0.25, -0.2) is 0 Å². The highest BCUT2D eigenvalue weighted by Gasteiger charge is 2.11. The van der Waals surface area contributed by atoms with Crippen molar-refractivity contribution in [1.82, 2.24) is 0 Å². The second-order valence-electron chi connectivity index (χ2n) is 10.5. The molecule has 0 unspecified atom stereocenters. The van der Waals surface area contributed by atoms with E-state index in [-0.39, 0.29) is 0 Å². The molecule has 0 saturated heterocycles. The van der Waals surface area contributed by atoms with Gasteiger partial charge in [-0.2, -0.15) is 0 Å². The second kappa shape index (κ2) is 10.4. The van der Waals surface area contributed by atoms with Crippen LogP contribution in [-0.2, 0) is 6.42 Å². The fraction of sp³-hybridized carbons (Fsp3) is 0.353. The van der Waals surface area contributed by atoms with Gasteiger partial charge in [0.05, 0.1) is 6.26 Å². The Balaban J connectivity index is 1.17. The number of unbranched alkanes of at least 4 members (excludes halogenated alkanes) is 9. The third-order valence-electron chi connectivity index (χ3n) is 7.87. The van der Waals surface area contributed by atoms with Gasteiger partial charge in [-0.3, -0.25) is 0 Å². The molecule has 0 aliphatic carbocycles. The van der Waals surface area contributed by atoms with Crippen LogP contribution in [0.2, 0.25) is 0 Å². The SMILES string of the molecule is CCCCCCCCCCCCc1cc2cc3ccc4c5cc6occc6cc5ccc4c3cc2o1. The highest BCUT2D eigenvalue weighted by molar-refractivity contribution is 6.20. The smallest absolute Gasteiger partial charge is 0.134 e. The molecule has 0 spiro atoms. The van der Waals surface area contributed by atoms with Crippen LogP contribution in [0.4, 0.5) is 0 Å². The summed E-state index contributed by atoms with van der Waals surface area (Å²) in [5, 5.41) is 9.87. The van der Waals surface area contributed by atoms with E-state index >= 15 is 0 Å². The topological polar surface area (TPSA) is 26.3 Å². The minimum Gasteiger partial charge on any atom is -0.464 e. The molecule has 6 aromatic rings. The maximum atomic E-state index is 6.33. The Kier molecular flexibility index (Phi) is 6.68. The maximum absolute atomic E-state index is 6.33. The molecule has 0 fully saturated rings. The Morgan fingerprint density at radius 1 is 0.500 bits per heavy atom. The van der Waals surface area contributed by atoms with Gasteiger partial charge in [0.25, 0.3) is 0 Å².